The summed E-state index contributed by atoms with van der Waals surface area (Å²) in [5.74, 6) is 0. The molecule has 0 unspecified atom stereocenters. The molecule has 0 bridgehead atoms. The third-order valence-corrected chi connectivity index (χ3v) is 23.5. The molecule has 0 N–H and O–H groups in total. The molecule has 100 heavy (non-hydrogen) atoms. The predicted octanol–water partition coefficient (Wildman–Crippen LogP) is 28.5. The molecular weight excluding hydrogens is 1200 g/mol. The zero-order valence-electron chi connectivity index (χ0n) is 54.2. The van der Waals surface area contributed by atoms with Crippen molar-refractivity contribution in [2.24, 2.45) is 0 Å². The van der Waals surface area contributed by atoms with E-state index in [1.165, 1.54) is 250 Å². The van der Waals surface area contributed by atoms with Gasteiger partial charge in [-0.25, -0.2) is 0 Å². The fraction of sp³-hybridized carbons (Fsp3) is 0. The molecule has 24 aromatic rings. The van der Waals surface area contributed by atoms with E-state index in [1.54, 1.807) is 0 Å². The second-order valence-electron chi connectivity index (χ2n) is 28.3. The van der Waals surface area contributed by atoms with Crippen molar-refractivity contribution in [3.8, 4) is 66.8 Å². The van der Waals surface area contributed by atoms with Crippen LogP contribution in [-0.4, -0.2) is 0 Å². The normalized spacial score (nSPS) is 12.6. The number of hydrogen-bond acceptors (Lipinski definition) is 0. The van der Waals surface area contributed by atoms with Crippen LogP contribution in [-0.2, 0) is 0 Å². The lowest BCUT2D eigenvalue weighted by atomic mass is 9.70. The van der Waals surface area contributed by atoms with Crippen LogP contribution in [0, 0.1) is 0 Å². The van der Waals surface area contributed by atoms with Gasteiger partial charge in [-0.15, -0.1) is 0 Å². The van der Waals surface area contributed by atoms with E-state index in [0.717, 1.165) is 0 Å². The first-order chi connectivity index (χ1) is 49.6. The van der Waals surface area contributed by atoms with E-state index in [-0.39, 0.29) is 0 Å². The van der Waals surface area contributed by atoms with Crippen molar-refractivity contribution in [1.82, 2.24) is 0 Å². The smallest absolute Gasteiger partial charge is 0.0000937 e. The van der Waals surface area contributed by atoms with Gasteiger partial charge >= 0.3 is 0 Å². The van der Waals surface area contributed by atoms with Crippen LogP contribution in [0.25, 0.3) is 250 Å². The molecule has 0 aliphatic rings. The first-order valence-electron chi connectivity index (χ1n) is 35.1. The van der Waals surface area contributed by atoms with Gasteiger partial charge in [-0.05, 0) is 256 Å². The average Bonchev–Trinajstić information content (AvgIpc) is 0.680. The molecule has 0 saturated heterocycles. The molecule has 0 heterocycles. The molecule has 0 aliphatic heterocycles. The van der Waals surface area contributed by atoms with Crippen molar-refractivity contribution in [3.05, 3.63) is 328 Å². The Morgan fingerprint density at radius 3 is 0.520 bits per heavy atom. The van der Waals surface area contributed by atoms with Crippen LogP contribution in [0.4, 0.5) is 0 Å². The van der Waals surface area contributed by atoms with E-state index >= 15 is 0 Å². The van der Waals surface area contributed by atoms with Gasteiger partial charge in [0.15, 0.2) is 0 Å². The highest BCUT2D eigenvalue weighted by molar-refractivity contribution is 6.37. The fourth-order valence-corrected chi connectivity index (χ4v) is 19.4. The first-order valence-corrected chi connectivity index (χ1v) is 35.1. The second-order valence-corrected chi connectivity index (χ2v) is 28.3. The molecule has 0 amide bonds. The van der Waals surface area contributed by atoms with Crippen LogP contribution in [0.2, 0.25) is 0 Å². The van der Waals surface area contributed by atoms with Crippen LogP contribution in [0.5, 0.6) is 0 Å². The van der Waals surface area contributed by atoms with Crippen molar-refractivity contribution >= 4 is 183 Å². The maximum atomic E-state index is 2.52. The zero-order chi connectivity index (χ0) is 64.7. The molecule has 0 spiro atoms. The summed E-state index contributed by atoms with van der Waals surface area (Å²) in [7, 11) is 0. The summed E-state index contributed by atoms with van der Waals surface area (Å²) in [6.07, 6.45) is 0. The molecule has 24 aromatic carbocycles. The minimum atomic E-state index is 1.19. The molecule has 0 heteroatoms. The molecular formula is C100H54. The van der Waals surface area contributed by atoms with Gasteiger partial charge in [0.2, 0.25) is 0 Å². The largest absolute Gasteiger partial charge is 0.0616 e. The highest BCUT2D eigenvalue weighted by atomic mass is 14.4. The molecule has 0 radical (unpaired) electrons. The Morgan fingerprint density at radius 1 is 0.100 bits per heavy atom. The lowest BCUT2D eigenvalue weighted by Crippen LogP contribution is -2.05. The number of hydrogen-bond donors (Lipinski definition) is 0. The van der Waals surface area contributed by atoms with Gasteiger partial charge in [-0.2, -0.15) is 0 Å². The topological polar surface area (TPSA) is 0 Å². The van der Waals surface area contributed by atoms with E-state index < -0.39 is 0 Å². The maximum Gasteiger partial charge on any atom is -0.0000937 e. The van der Waals surface area contributed by atoms with Crippen molar-refractivity contribution in [3.63, 3.8) is 0 Å². The van der Waals surface area contributed by atoms with Gasteiger partial charge in [-0.3, -0.25) is 0 Å². The predicted molar refractivity (Wildman–Crippen MR) is 433 cm³/mol. The summed E-state index contributed by atoms with van der Waals surface area (Å²) in [5.41, 5.74) is 14.4. The van der Waals surface area contributed by atoms with Gasteiger partial charge < -0.3 is 0 Å². The van der Waals surface area contributed by atoms with E-state index in [4.69, 9.17) is 0 Å². The van der Waals surface area contributed by atoms with Gasteiger partial charge in [-0.1, -0.05) is 322 Å². The SMILES string of the molecule is c1ccc2c(-c3c(-c4ccc5ccc6cccc7ccc4c5c67)c(-c4ccc5ccc6cccc7ccc4c5c67)c(-c4ccc5ccc6cccc7ccc4c5c67)c(-c4ccc5ccc6cccc7ccc4c5c67)c3-c3ccc4ccc5cccc6ccc3c4c56)c3ccccc3cc2c1. The summed E-state index contributed by atoms with van der Waals surface area (Å²) >= 11 is 0. The minimum Gasteiger partial charge on any atom is -0.0616 e. The van der Waals surface area contributed by atoms with Crippen molar-refractivity contribution in [2.45, 2.75) is 0 Å². The third-order valence-electron chi connectivity index (χ3n) is 23.5. The Kier molecular flexibility index (Phi) is 10.3. The highest BCUT2D eigenvalue weighted by Gasteiger charge is 2.35. The molecule has 0 nitrogen and oxygen atoms in total. The number of rotatable bonds is 6. The summed E-state index contributed by atoms with van der Waals surface area (Å²) in [6, 6.07) is 128. The molecule has 0 aromatic heterocycles. The zero-order valence-corrected chi connectivity index (χ0v) is 54.2. The summed E-state index contributed by atoms with van der Waals surface area (Å²) in [6.45, 7) is 0. The Labute approximate surface area is 573 Å². The summed E-state index contributed by atoms with van der Waals surface area (Å²) in [4.78, 5) is 0. The highest BCUT2D eigenvalue weighted by Crippen LogP contribution is 2.63. The first kappa shape index (κ1) is 53.2. The van der Waals surface area contributed by atoms with Gasteiger partial charge in [0, 0.05) is 0 Å². The van der Waals surface area contributed by atoms with Crippen LogP contribution in [0.3, 0.4) is 0 Å². The Morgan fingerprint density at radius 2 is 0.280 bits per heavy atom. The summed E-state index contributed by atoms with van der Waals surface area (Å²) < 4.78 is 0. The van der Waals surface area contributed by atoms with Gasteiger partial charge in [0.05, 0.1) is 0 Å². The molecule has 24 rings (SSSR count). The Balaban J connectivity index is 1.05. The van der Waals surface area contributed by atoms with Crippen LogP contribution in [0.15, 0.2) is 328 Å². The Bertz CT molecular complexity index is 7240. The second kappa shape index (κ2) is 19.4. The van der Waals surface area contributed by atoms with E-state index in [1.807, 2.05) is 0 Å². The van der Waals surface area contributed by atoms with E-state index in [9.17, 15) is 0 Å². The third kappa shape index (κ3) is 6.94. The van der Waals surface area contributed by atoms with Crippen LogP contribution in [0.1, 0.15) is 0 Å². The maximum absolute atomic E-state index is 2.52. The van der Waals surface area contributed by atoms with Crippen molar-refractivity contribution in [1.29, 1.82) is 0 Å². The number of benzene rings is 24. The molecule has 454 valence electrons. The lowest BCUT2D eigenvalue weighted by molar-refractivity contribution is 1.58. The minimum absolute atomic E-state index is 1.19. The molecule has 0 aliphatic carbocycles. The standard InChI is InChI=1S/C100H54/c1-3-22-72-70(10-1)54-71-11-2-4-23-73(71)94(72)100-98(82-52-42-68-32-27-58-15-8-20-63-37-47-77(82)92(68)87(58)63)96(80-50-40-66-30-25-56-13-6-18-61-35-45-75(80)90(66)85(56)61)95(79-49-39-65-29-24-55-12-5-17-60-34-44-74(79)89(65)84(55)60)97(81-51-41-67-31-26-57-14-7-19-62-36-46-76(81)91(67)86(57)62)99(100)83-53-43-69-33-28-59-16-9-21-64-38-48-78(83)93(69)88(59)64/h1-54H. The van der Waals surface area contributed by atoms with Crippen molar-refractivity contribution in [2.75, 3.05) is 0 Å². The number of fused-ring (bicyclic) bond motifs is 2. The van der Waals surface area contributed by atoms with Crippen LogP contribution < -0.4 is 0 Å². The van der Waals surface area contributed by atoms with Gasteiger partial charge in [0.25, 0.3) is 0 Å². The van der Waals surface area contributed by atoms with E-state index in [0.29, 0.717) is 0 Å². The Hall–Kier alpha value is -13.0. The molecule has 0 saturated carbocycles. The fourth-order valence-electron chi connectivity index (χ4n) is 19.4. The molecule has 0 atom stereocenters. The lowest BCUT2D eigenvalue weighted by Gasteiger charge is -2.32. The quantitative estimate of drug-likeness (QED) is 0.115. The van der Waals surface area contributed by atoms with E-state index in [2.05, 4.69) is 328 Å². The van der Waals surface area contributed by atoms with Gasteiger partial charge in [0.1, 0.15) is 0 Å². The monoisotopic (exact) mass is 1250 g/mol. The van der Waals surface area contributed by atoms with Crippen LogP contribution >= 0.6 is 0 Å². The summed E-state index contributed by atoms with van der Waals surface area (Å²) in [5, 5.41) is 42.4. The average molecular weight is 1260 g/mol. The van der Waals surface area contributed by atoms with Crippen molar-refractivity contribution < 1.29 is 0 Å². The molecule has 0 fully saturated rings.